The van der Waals surface area contributed by atoms with E-state index in [0.29, 0.717) is 29.4 Å². The third-order valence-electron chi connectivity index (χ3n) is 5.23. The topological polar surface area (TPSA) is 55.5 Å². The zero-order valence-electron chi connectivity index (χ0n) is 14.9. The second kappa shape index (κ2) is 6.92. The number of nitrogens with zero attached hydrogens (tertiary/aromatic N) is 2. The molecule has 0 aliphatic carbocycles. The molecule has 4 rings (SSSR count). The average molecular weight is 350 g/mol. The van der Waals surface area contributed by atoms with Crippen molar-refractivity contribution in [3.8, 4) is 0 Å². The van der Waals surface area contributed by atoms with Crippen molar-refractivity contribution < 1.29 is 9.21 Å². The summed E-state index contributed by atoms with van der Waals surface area (Å²) >= 11 is 0. The number of rotatable bonds is 4. The Hall–Kier alpha value is -2.66. The zero-order chi connectivity index (χ0) is 18.1. The van der Waals surface area contributed by atoms with Crippen molar-refractivity contribution >= 4 is 16.9 Å². The molecule has 26 heavy (non-hydrogen) atoms. The molecule has 5 heteroatoms. The smallest absolute Gasteiger partial charge is 0.408 e. The minimum Gasteiger partial charge on any atom is -0.408 e. The van der Waals surface area contributed by atoms with Gasteiger partial charge in [-0.1, -0.05) is 36.8 Å². The molecule has 1 unspecified atom stereocenters. The zero-order valence-corrected chi connectivity index (χ0v) is 14.9. The van der Waals surface area contributed by atoms with Crippen molar-refractivity contribution in [3.63, 3.8) is 0 Å². The number of oxazole rings is 1. The van der Waals surface area contributed by atoms with E-state index in [1.165, 1.54) is 6.42 Å². The molecule has 1 atom stereocenters. The minimum atomic E-state index is -0.373. The number of carbonyl (C=O) groups is 1. The van der Waals surface area contributed by atoms with E-state index in [0.717, 1.165) is 24.9 Å². The molecule has 0 N–H and O–H groups in total. The maximum Gasteiger partial charge on any atom is 0.421 e. The highest BCUT2D eigenvalue weighted by Crippen LogP contribution is 2.21. The van der Waals surface area contributed by atoms with E-state index in [2.05, 4.69) is 11.8 Å². The standard InChI is InChI=1S/C21H22N2O3/c1-15-7-5-6-12-22(15)14-23-18-11-10-17(13-19(18)26-21(23)25)20(24)16-8-3-2-4-9-16/h2-4,8-11,13,15H,5-7,12,14H2,1H3. The first-order chi connectivity index (χ1) is 12.6. The molecule has 134 valence electrons. The van der Waals surface area contributed by atoms with E-state index >= 15 is 0 Å². The molecule has 0 spiro atoms. The summed E-state index contributed by atoms with van der Waals surface area (Å²) in [6.07, 6.45) is 3.55. The molecule has 1 aromatic heterocycles. The van der Waals surface area contributed by atoms with Gasteiger partial charge in [0, 0.05) is 23.7 Å². The first-order valence-corrected chi connectivity index (χ1v) is 9.10. The Balaban J connectivity index is 1.66. The van der Waals surface area contributed by atoms with Gasteiger partial charge in [0.2, 0.25) is 0 Å². The Bertz CT molecular complexity index is 987. The molecule has 0 radical (unpaired) electrons. The van der Waals surface area contributed by atoms with E-state index < -0.39 is 0 Å². The van der Waals surface area contributed by atoms with Crippen molar-refractivity contribution in [1.29, 1.82) is 0 Å². The van der Waals surface area contributed by atoms with E-state index in [9.17, 15) is 9.59 Å². The Morgan fingerprint density at radius 1 is 1.12 bits per heavy atom. The van der Waals surface area contributed by atoms with Crippen LogP contribution in [0.25, 0.3) is 11.1 Å². The van der Waals surface area contributed by atoms with Gasteiger partial charge >= 0.3 is 5.76 Å². The van der Waals surface area contributed by atoms with Gasteiger partial charge in [0.1, 0.15) is 0 Å². The van der Waals surface area contributed by atoms with Crippen LogP contribution in [0, 0.1) is 0 Å². The van der Waals surface area contributed by atoms with Crippen LogP contribution < -0.4 is 5.76 Å². The molecule has 1 aliphatic heterocycles. The number of carbonyl (C=O) groups excluding carboxylic acids is 1. The Morgan fingerprint density at radius 2 is 1.92 bits per heavy atom. The highest BCUT2D eigenvalue weighted by molar-refractivity contribution is 6.10. The van der Waals surface area contributed by atoms with E-state index in [4.69, 9.17) is 4.42 Å². The third kappa shape index (κ3) is 3.10. The lowest BCUT2D eigenvalue weighted by Crippen LogP contribution is -2.40. The van der Waals surface area contributed by atoms with Crippen LogP contribution >= 0.6 is 0 Å². The van der Waals surface area contributed by atoms with Gasteiger partial charge in [-0.25, -0.2) is 4.79 Å². The van der Waals surface area contributed by atoms with Gasteiger partial charge < -0.3 is 4.42 Å². The molecule has 2 aromatic carbocycles. The van der Waals surface area contributed by atoms with E-state index in [1.54, 1.807) is 28.8 Å². The normalized spacial score (nSPS) is 18.3. The second-order valence-corrected chi connectivity index (χ2v) is 6.97. The van der Waals surface area contributed by atoms with Crippen LogP contribution in [-0.4, -0.2) is 27.8 Å². The highest BCUT2D eigenvalue weighted by atomic mass is 16.4. The number of fused-ring (bicyclic) bond motifs is 1. The summed E-state index contributed by atoms with van der Waals surface area (Å²) in [5.74, 6) is -0.449. The van der Waals surface area contributed by atoms with Gasteiger partial charge in [0.05, 0.1) is 12.2 Å². The number of piperidine rings is 1. The molecule has 0 bridgehead atoms. The monoisotopic (exact) mass is 350 g/mol. The summed E-state index contributed by atoms with van der Waals surface area (Å²) in [5.41, 5.74) is 2.34. The number of aromatic nitrogens is 1. The maximum absolute atomic E-state index is 12.6. The van der Waals surface area contributed by atoms with Gasteiger partial charge in [0.15, 0.2) is 11.4 Å². The van der Waals surface area contributed by atoms with Crippen LogP contribution in [0.5, 0.6) is 0 Å². The molecule has 5 nitrogen and oxygen atoms in total. The molecule has 2 heterocycles. The van der Waals surface area contributed by atoms with Crippen molar-refractivity contribution in [2.45, 2.75) is 38.9 Å². The van der Waals surface area contributed by atoms with Gasteiger partial charge in [0.25, 0.3) is 0 Å². The molecule has 0 amide bonds. The highest BCUT2D eigenvalue weighted by Gasteiger charge is 2.21. The quantitative estimate of drug-likeness (QED) is 0.674. The lowest BCUT2D eigenvalue weighted by atomic mass is 10.0. The number of ketones is 1. The maximum atomic E-state index is 12.6. The Morgan fingerprint density at radius 3 is 2.69 bits per heavy atom. The SMILES string of the molecule is CC1CCCCN1Cn1c(=O)oc2cc(C(=O)c3ccccc3)ccc21. The fourth-order valence-electron chi connectivity index (χ4n) is 3.65. The number of benzene rings is 2. The van der Waals surface area contributed by atoms with Crippen LogP contribution in [0.3, 0.4) is 0 Å². The predicted molar refractivity (Wildman–Crippen MR) is 100 cm³/mol. The summed E-state index contributed by atoms with van der Waals surface area (Å²) in [7, 11) is 0. The van der Waals surface area contributed by atoms with Gasteiger partial charge in [-0.05, 0) is 38.0 Å². The van der Waals surface area contributed by atoms with E-state index in [1.807, 2.05) is 24.3 Å². The summed E-state index contributed by atoms with van der Waals surface area (Å²) in [6, 6.07) is 14.8. The summed E-state index contributed by atoms with van der Waals surface area (Å²) in [6.45, 7) is 3.72. The Kier molecular flexibility index (Phi) is 4.47. The van der Waals surface area contributed by atoms with Gasteiger partial charge in [-0.3, -0.25) is 14.3 Å². The molecule has 1 aliphatic rings. The average Bonchev–Trinajstić information content (AvgIpc) is 2.98. The number of hydrogen-bond acceptors (Lipinski definition) is 4. The second-order valence-electron chi connectivity index (χ2n) is 6.97. The van der Waals surface area contributed by atoms with Crippen LogP contribution in [0.2, 0.25) is 0 Å². The molecule has 0 saturated carbocycles. The van der Waals surface area contributed by atoms with Crippen molar-refractivity contribution in [2.75, 3.05) is 6.54 Å². The first kappa shape index (κ1) is 16.8. The molecule has 1 saturated heterocycles. The molecule has 3 aromatic rings. The lowest BCUT2D eigenvalue weighted by molar-refractivity contribution is 0.103. The summed E-state index contributed by atoms with van der Waals surface area (Å²) in [5, 5.41) is 0. The summed E-state index contributed by atoms with van der Waals surface area (Å²) < 4.78 is 7.09. The number of likely N-dealkylation sites (tertiary alicyclic amines) is 1. The largest absolute Gasteiger partial charge is 0.421 e. The lowest BCUT2D eigenvalue weighted by Gasteiger charge is -2.33. The van der Waals surface area contributed by atoms with Crippen LogP contribution in [0.1, 0.15) is 42.1 Å². The first-order valence-electron chi connectivity index (χ1n) is 9.10. The predicted octanol–water partition coefficient (Wildman–Crippen LogP) is 3.66. The fraction of sp³-hybridized carbons (Fsp3) is 0.333. The van der Waals surface area contributed by atoms with Crippen molar-refractivity contribution in [3.05, 3.63) is 70.2 Å². The fourth-order valence-corrected chi connectivity index (χ4v) is 3.65. The molecular formula is C21H22N2O3. The molecular weight excluding hydrogens is 328 g/mol. The number of hydrogen-bond donors (Lipinski definition) is 0. The van der Waals surface area contributed by atoms with Crippen molar-refractivity contribution in [1.82, 2.24) is 9.47 Å². The van der Waals surface area contributed by atoms with Crippen molar-refractivity contribution in [2.24, 2.45) is 0 Å². The van der Waals surface area contributed by atoms with Crippen LogP contribution in [-0.2, 0) is 6.67 Å². The van der Waals surface area contributed by atoms with Gasteiger partial charge in [-0.15, -0.1) is 0 Å². The van der Waals surface area contributed by atoms with Crippen LogP contribution in [0.15, 0.2) is 57.7 Å². The minimum absolute atomic E-state index is 0.0763. The Labute approximate surface area is 151 Å². The van der Waals surface area contributed by atoms with Gasteiger partial charge in [-0.2, -0.15) is 0 Å². The third-order valence-corrected chi connectivity index (χ3v) is 5.23. The summed E-state index contributed by atoms with van der Waals surface area (Å²) in [4.78, 5) is 27.3. The van der Waals surface area contributed by atoms with Crippen LogP contribution in [0.4, 0.5) is 0 Å². The molecule has 1 fully saturated rings. The van der Waals surface area contributed by atoms with E-state index in [-0.39, 0.29) is 11.5 Å².